The second-order valence-electron chi connectivity index (χ2n) is 8.56. The van der Waals surface area contributed by atoms with Crippen molar-refractivity contribution < 1.29 is 27.9 Å². The van der Waals surface area contributed by atoms with Gasteiger partial charge in [-0.3, -0.25) is 0 Å². The van der Waals surface area contributed by atoms with Crippen molar-refractivity contribution in [3.63, 3.8) is 0 Å². The van der Waals surface area contributed by atoms with Crippen molar-refractivity contribution in [1.82, 2.24) is 0 Å². The number of esters is 1. The Morgan fingerprint density at radius 1 is 1.22 bits per heavy atom. The van der Waals surface area contributed by atoms with Crippen LogP contribution in [0.2, 0.25) is 0 Å². The van der Waals surface area contributed by atoms with Crippen LogP contribution in [-0.4, -0.2) is 54.8 Å². The van der Waals surface area contributed by atoms with Crippen molar-refractivity contribution >= 4 is 21.9 Å². The number of hydrogen-bond donors (Lipinski definition) is 1. The predicted molar refractivity (Wildman–Crippen MR) is 101 cm³/mol. The summed E-state index contributed by atoms with van der Waals surface area (Å²) in [5.74, 6) is -4.53. The lowest BCUT2D eigenvalue weighted by Gasteiger charge is -2.38. The number of aliphatic hydroxyl groups is 1. The molecule has 1 aliphatic carbocycles. The molecule has 7 heteroatoms. The molecule has 2 aliphatic rings. The van der Waals surface area contributed by atoms with Gasteiger partial charge in [-0.1, -0.05) is 28.1 Å². The van der Waals surface area contributed by atoms with E-state index < -0.39 is 29.8 Å². The van der Waals surface area contributed by atoms with Crippen LogP contribution in [0.3, 0.4) is 0 Å². The Labute approximate surface area is 167 Å². The summed E-state index contributed by atoms with van der Waals surface area (Å²) in [4.78, 5) is 13.0. The molecule has 27 heavy (non-hydrogen) atoms. The number of hydrogen-bond acceptors (Lipinski definition) is 3. The van der Waals surface area contributed by atoms with E-state index in [0.717, 1.165) is 22.0 Å². The van der Waals surface area contributed by atoms with Crippen LogP contribution in [0.25, 0.3) is 0 Å². The van der Waals surface area contributed by atoms with Gasteiger partial charge in [0.2, 0.25) is 5.92 Å². The molecule has 1 N–H and O–H groups in total. The molecule has 3 rings (SSSR count). The van der Waals surface area contributed by atoms with Gasteiger partial charge in [0.1, 0.15) is 6.10 Å². The first-order valence-electron chi connectivity index (χ1n) is 9.41. The molecule has 2 fully saturated rings. The summed E-state index contributed by atoms with van der Waals surface area (Å²) in [6.07, 6.45) is 0.379. The second-order valence-corrected chi connectivity index (χ2v) is 9.47. The zero-order valence-electron chi connectivity index (χ0n) is 15.8. The number of ether oxygens (including phenoxy) is 1. The van der Waals surface area contributed by atoms with Crippen LogP contribution in [0.4, 0.5) is 8.78 Å². The fourth-order valence-electron chi connectivity index (χ4n) is 4.13. The maximum absolute atomic E-state index is 13.8. The molecule has 150 valence electrons. The number of piperidine rings is 1. The van der Waals surface area contributed by atoms with E-state index in [2.05, 4.69) is 30.0 Å². The molecule has 1 saturated heterocycles. The maximum atomic E-state index is 13.8. The highest BCUT2D eigenvalue weighted by atomic mass is 79.9. The molecule has 4 nitrogen and oxygen atoms in total. The number of benzene rings is 1. The fourth-order valence-corrected chi connectivity index (χ4v) is 4.40. The first kappa shape index (κ1) is 20.7. The average Bonchev–Trinajstić information content (AvgIpc) is 2.97. The van der Waals surface area contributed by atoms with E-state index in [-0.39, 0.29) is 18.9 Å². The molecular formula is C20H27BrF2NO3+. The number of quaternary nitrogens is 1. The smallest absolute Gasteiger partial charge is 0.343 e. The quantitative estimate of drug-likeness (QED) is 0.564. The minimum Gasteiger partial charge on any atom is -0.460 e. The van der Waals surface area contributed by atoms with E-state index in [0.29, 0.717) is 18.4 Å². The van der Waals surface area contributed by atoms with Gasteiger partial charge in [0.05, 0.1) is 27.2 Å². The Bertz CT molecular complexity index is 685. The Kier molecular flexibility index (Phi) is 5.67. The first-order chi connectivity index (χ1) is 12.5. The lowest BCUT2D eigenvalue weighted by atomic mass is 9.80. The van der Waals surface area contributed by atoms with Crippen LogP contribution >= 0.6 is 15.9 Å². The Balaban J connectivity index is 1.83. The van der Waals surface area contributed by atoms with Crippen molar-refractivity contribution in [3.8, 4) is 0 Å². The third-order valence-corrected chi connectivity index (χ3v) is 6.51. The van der Waals surface area contributed by atoms with Crippen LogP contribution in [0.15, 0.2) is 28.7 Å². The average molecular weight is 447 g/mol. The molecule has 0 aromatic heterocycles. The van der Waals surface area contributed by atoms with Gasteiger partial charge in [-0.25, -0.2) is 13.6 Å². The van der Waals surface area contributed by atoms with Crippen molar-refractivity contribution in [2.75, 3.05) is 27.2 Å². The van der Waals surface area contributed by atoms with Gasteiger partial charge in [0.25, 0.3) is 0 Å². The first-order valence-corrected chi connectivity index (χ1v) is 10.2. The summed E-state index contributed by atoms with van der Waals surface area (Å²) in [5, 5.41) is 11.4. The Hall–Kier alpha value is -1.05. The van der Waals surface area contributed by atoms with Gasteiger partial charge < -0.3 is 14.3 Å². The molecule has 0 radical (unpaired) electrons. The van der Waals surface area contributed by atoms with Gasteiger partial charge in [0.15, 0.2) is 5.60 Å². The highest BCUT2D eigenvalue weighted by Crippen LogP contribution is 2.48. The van der Waals surface area contributed by atoms with Crippen molar-refractivity contribution in [2.45, 2.75) is 49.7 Å². The number of carbonyl (C=O) groups is 1. The van der Waals surface area contributed by atoms with Gasteiger partial charge in [-0.05, 0) is 24.1 Å². The summed E-state index contributed by atoms with van der Waals surface area (Å²) >= 11 is 3.32. The summed E-state index contributed by atoms with van der Waals surface area (Å²) < 4.78 is 35.0. The molecule has 0 amide bonds. The number of nitrogens with zero attached hydrogens (tertiary/aromatic N) is 1. The number of likely N-dealkylation sites (tertiary alicyclic amines) is 1. The molecule has 1 saturated carbocycles. The summed E-state index contributed by atoms with van der Waals surface area (Å²) in [6, 6.07) is 6.59. The van der Waals surface area contributed by atoms with Gasteiger partial charge in [0, 0.05) is 36.1 Å². The third-order valence-electron chi connectivity index (χ3n) is 5.98. The summed E-state index contributed by atoms with van der Waals surface area (Å²) in [6.45, 7) is 1.74. The standard InChI is InChI=1S/C20H27BrF2NO3/c1-24(2)11-8-17(9-12-24)27-18(25)20(26,14-3-5-16(21)6-4-14)15-7-10-19(22,23)13-15/h3-6,15,17,26H,7-13H2,1-2H3/q+1/t15-,20+/m1/s1. The van der Waals surface area contributed by atoms with Gasteiger partial charge in [-0.2, -0.15) is 0 Å². The lowest BCUT2D eigenvalue weighted by molar-refractivity contribution is -0.896. The van der Waals surface area contributed by atoms with Crippen LogP contribution in [0.5, 0.6) is 0 Å². The second kappa shape index (κ2) is 7.41. The Morgan fingerprint density at radius 2 is 1.81 bits per heavy atom. The van der Waals surface area contributed by atoms with E-state index in [1.807, 2.05) is 0 Å². The number of carbonyl (C=O) groups excluding carboxylic acids is 1. The SMILES string of the molecule is C[N+]1(C)CCC(OC(=O)[C@](O)(c2ccc(Br)cc2)[C@@H]2CCC(F)(F)C2)CC1. The summed E-state index contributed by atoms with van der Waals surface area (Å²) in [7, 11) is 4.24. The molecule has 1 heterocycles. The number of alkyl halides is 2. The van der Waals surface area contributed by atoms with Gasteiger partial charge >= 0.3 is 5.97 Å². The molecule has 1 aliphatic heterocycles. The van der Waals surface area contributed by atoms with Crippen molar-refractivity contribution in [3.05, 3.63) is 34.3 Å². The van der Waals surface area contributed by atoms with Crippen molar-refractivity contribution in [1.29, 1.82) is 0 Å². The molecule has 0 unspecified atom stereocenters. The van der Waals surface area contributed by atoms with Crippen molar-refractivity contribution in [2.24, 2.45) is 5.92 Å². The minimum absolute atomic E-state index is 0.0866. The topological polar surface area (TPSA) is 46.5 Å². The molecular weight excluding hydrogens is 420 g/mol. The van der Waals surface area contributed by atoms with Gasteiger partial charge in [-0.15, -0.1) is 0 Å². The third kappa shape index (κ3) is 4.51. The van der Waals surface area contributed by atoms with Crippen LogP contribution < -0.4 is 0 Å². The zero-order chi connectivity index (χ0) is 19.9. The van der Waals surface area contributed by atoms with E-state index >= 15 is 0 Å². The molecule has 2 atom stereocenters. The van der Waals surface area contributed by atoms with Crippen LogP contribution in [-0.2, 0) is 15.1 Å². The normalized spacial score (nSPS) is 27.1. The Morgan fingerprint density at radius 3 is 2.33 bits per heavy atom. The predicted octanol–water partition coefficient (Wildman–Crippen LogP) is 3.85. The lowest BCUT2D eigenvalue weighted by Crippen LogP contribution is -2.50. The van der Waals surface area contributed by atoms with E-state index in [9.17, 15) is 18.7 Å². The zero-order valence-corrected chi connectivity index (χ0v) is 17.3. The molecule has 0 spiro atoms. The molecule has 0 bridgehead atoms. The maximum Gasteiger partial charge on any atom is 0.343 e. The minimum atomic E-state index is -2.86. The largest absolute Gasteiger partial charge is 0.460 e. The fraction of sp³-hybridized carbons (Fsp3) is 0.650. The highest BCUT2D eigenvalue weighted by Gasteiger charge is 2.55. The van der Waals surface area contributed by atoms with Crippen LogP contribution in [0, 0.1) is 5.92 Å². The van der Waals surface area contributed by atoms with E-state index in [1.165, 1.54) is 0 Å². The highest BCUT2D eigenvalue weighted by molar-refractivity contribution is 9.10. The number of halogens is 3. The summed E-state index contributed by atoms with van der Waals surface area (Å²) in [5.41, 5.74) is -1.74. The van der Waals surface area contributed by atoms with Crippen LogP contribution in [0.1, 0.15) is 37.7 Å². The molecule has 1 aromatic carbocycles. The number of rotatable bonds is 4. The monoisotopic (exact) mass is 446 g/mol. The molecule has 1 aromatic rings. The van der Waals surface area contributed by atoms with E-state index in [1.54, 1.807) is 24.3 Å². The van der Waals surface area contributed by atoms with E-state index in [4.69, 9.17) is 4.74 Å².